The molecule has 0 saturated carbocycles. The summed E-state index contributed by atoms with van der Waals surface area (Å²) in [6.07, 6.45) is 3.94. The van der Waals surface area contributed by atoms with E-state index in [1.54, 1.807) is 19.2 Å². The van der Waals surface area contributed by atoms with Gasteiger partial charge in [-0.05, 0) is 94.9 Å². The Balaban J connectivity index is 1.09. The van der Waals surface area contributed by atoms with Crippen LogP contribution in [0.1, 0.15) is 58.1 Å². The molecule has 1 N–H and O–H groups in total. The van der Waals surface area contributed by atoms with E-state index in [2.05, 4.69) is 83.0 Å². The van der Waals surface area contributed by atoms with Crippen LogP contribution in [0.2, 0.25) is 10.0 Å². The summed E-state index contributed by atoms with van der Waals surface area (Å²) in [6.45, 7) is 2.32. The number of amides is 1. The minimum Gasteiger partial charge on any atom is -0.493 e. The number of hydrogen-bond acceptors (Lipinski definition) is 6. The maximum atomic E-state index is 13.2. The number of nitrogens with one attached hydrogen (secondary N) is 1. The van der Waals surface area contributed by atoms with Gasteiger partial charge in [-0.3, -0.25) is 4.79 Å². The van der Waals surface area contributed by atoms with Crippen LogP contribution in [0.3, 0.4) is 0 Å². The largest absolute Gasteiger partial charge is 0.493 e. The highest BCUT2D eigenvalue weighted by Gasteiger charge is 2.35. The van der Waals surface area contributed by atoms with Gasteiger partial charge in [-0.1, -0.05) is 96.0 Å². The lowest BCUT2D eigenvalue weighted by molar-refractivity contribution is -0.115. The number of thioether (sulfide) groups is 1. The molecule has 0 spiro atoms. The van der Waals surface area contributed by atoms with Crippen LogP contribution in [0.15, 0.2) is 119 Å². The Labute approximate surface area is 312 Å². The summed E-state index contributed by atoms with van der Waals surface area (Å²) in [5, 5.41) is 4.66. The van der Waals surface area contributed by atoms with Crippen molar-refractivity contribution in [3.05, 3.63) is 158 Å². The lowest BCUT2D eigenvalue weighted by Gasteiger charge is -2.43. The van der Waals surface area contributed by atoms with E-state index in [9.17, 15) is 4.79 Å². The maximum absolute atomic E-state index is 13.2. The second kappa shape index (κ2) is 14.5. The highest BCUT2D eigenvalue weighted by atomic mass is 35.5. The molecule has 51 heavy (non-hydrogen) atoms. The Morgan fingerprint density at radius 2 is 1.51 bits per heavy atom. The van der Waals surface area contributed by atoms with Crippen molar-refractivity contribution in [2.45, 2.75) is 31.3 Å². The van der Waals surface area contributed by atoms with Crippen LogP contribution < -0.4 is 19.7 Å². The summed E-state index contributed by atoms with van der Waals surface area (Å²) >= 11 is 13.7. The fraction of sp³-hybridized carbons (Fsp3) is 0.190. The standard InChI is InChI=1S/C42H35Cl2N3O3S/c1-49-38-20-26(12-15-37(38)50-25-29-13-14-30(43)22-36(29)44)21-39-41(48)46-42(51-39)45-31-23-34-32(27-8-4-2-5-9-27)16-18-47-19-17-33(35(24-31)40(34)47)28-10-6-3-7-11-28/h2-15,20-24,32-33H,16-19,25H2,1H3,(H,45,46,48)/b39-21-/t32-,33-/m1/s1. The molecule has 0 radical (unpaired) electrons. The van der Waals surface area contributed by atoms with Crippen LogP contribution in [0, 0.1) is 0 Å². The minimum absolute atomic E-state index is 0.190. The van der Waals surface area contributed by atoms with Gasteiger partial charge in [0.15, 0.2) is 16.7 Å². The molecule has 9 heteroatoms. The van der Waals surface area contributed by atoms with Crippen molar-refractivity contribution in [3.8, 4) is 11.5 Å². The summed E-state index contributed by atoms with van der Waals surface area (Å²) < 4.78 is 11.7. The molecular formula is C42H35Cl2N3O3S. The van der Waals surface area contributed by atoms with E-state index in [1.807, 2.05) is 30.3 Å². The molecule has 3 aliphatic rings. The van der Waals surface area contributed by atoms with Crippen LogP contribution in [0.4, 0.5) is 11.4 Å². The lowest BCUT2D eigenvalue weighted by atomic mass is 9.76. The van der Waals surface area contributed by atoms with E-state index in [4.69, 9.17) is 37.7 Å². The third-order valence-electron chi connectivity index (χ3n) is 9.77. The van der Waals surface area contributed by atoms with Gasteiger partial charge in [0.1, 0.15) is 6.61 Å². The zero-order valence-electron chi connectivity index (χ0n) is 27.9. The molecular weight excluding hydrogens is 697 g/mol. The lowest BCUT2D eigenvalue weighted by Crippen LogP contribution is -2.37. The Hall–Kier alpha value is -4.69. The minimum atomic E-state index is -0.190. The number of aliphatic imine (C=N–C) groups is 1. The average molecular weight is 733 g/mol. The topological polar surface area (TPSA) is 63.2 Å². The smallest absolute Gasteiger partial charge is 0.264 e. The van der Waals surface area contributed by atoms with E-state index >= 15 is 0 Å². The van der Waals surface area contributed by atoms with Gasteiger partial charge in [-0.15, -0.1) is 0 Å². The number of rotatable bonds is 8. The fourth-order valence-corrected chi connectivity index (χ4v) is 8.65. The van der Waals surface area contributed by atoms with Gasteiger partial charge in [0, 0.05) is 46.2 Å². The number of methoxy groups -OCH3 is 1. The molecule has 8 rings (SSSR count). The molecule has 6 nitrogen and oxygen atoms in total. The van der Waals surface area contributed by atoms with Crippen LogP contribution in [-0.4, -0.2) is 31.3 Å². The van der Waals surface area contributed by atoms with Crippen LogP contribution in [-0.2, 0) is 11.4 Å². The molecule has 2 atom stereocenters. The average Bonchev–Trinajstić information content (AvgIpc) is 3.49. The van der Waals surface area contributed by atoms with Crippen molar-refractivity contribution in [2.24, 2.45) is 4.99 Å². The number of benzene rings is 5. The number of carbonyl (C=O) groups excluding carboxylic acids is 1. The van der Waals surface area contributed by atoms with Crippen molar-refractivity contribution >= 4 is 63.5 Å². The van der Waals surface area contributed by atoms with E-state index < -0.39 is 0 Å². The zero-order chi connectivity index (χ0) is 34.9. The van der Waals surface area contributed by atoms with Crippen LogP contribution in [0.25, 0.3) is 6.08 Å². The summed E-state index contributed by atoms with van der Waals surface area (Å²) in [7, 11) is 1.59. The third kappa shape index (κ3) is 6.98. The van der Waals surface area contributed by atoms with Gasteiger partial charge in [0.25, 0.3) is 5.91 Å². The number of carbonyl (C=O) groups is 1. The Bertz CT molecular complexity index is 2100. The number of halogens is 2. The van der Waals surface area contributed by atoms with Gasteiger partial charge in [-0.2, -0.15) is 0 Å². The predicted octanol–water partition coefficient (Wildman–Crippen LogP) is 10.4. The Morgan fingerprint density at radius 3 is 2.14 bits per heavy atom. The quantitative estimate of drug-likeness (QED) is 0.161. The Kier molecular flexibility index (Phi) is 9.52. The molecule has 1 fully saturated rings. The van der Waals surface area contributed by atoms with E-state index in [0.29, 0.717) is 31.6 Å². The number of amidine groups is 1. The first-order chi connectivity index (χ1) is 24.9. The number of anilines is 1. The van der Waals surface area contributed by atoms with Gasteiger partial charge in [0.2, 0.25) is 0 Å². The van der Waals surface area contributed by atoms with E-state index in [1.165, 1.54) is 39.7 Å². The second-order valence-corrected chi connectivity index (χ2v) is 14.8. The maximum Gasteiger partial charge on any atom is 0.264 e. The molecule has 3 aliphatic heterocycles. The van der Waals surface area contributed by atoms with E-state index in [-0.39, 0.29) is 24.3 Å². The normalized spacial score (nSPS) is 19.6. The molecule has 5 aromatic carbocycles. The first-order valence-corrected chi connectivity index (χ1v) is 18.6. The zero-order valence-corrected chi connectivity index (χ0v) is 30.3. The second-order valence-electron chi connectivity index (χ2n) is 12.9. The van der Waals surface area contributed by atoms with Crippen molar-refractivity contribution in [2.75, 3.05) is 25.1 Å². The van der Waals surface area contributed by atoms with Crippen molar-refractivity contribution < 1.29 is 14.3 Å². The molecule has 0 bridgehead atoms. The summed E-state index contributed by atoms with van der Waals surface area (Å²) in [6, 6.07) is 36.9. The van der Waals surface area contributed by atoms with Gasteiger partial charge >= 0.3 is 0 Å². The molecule has 0 aromatic heterocycles. The first-order valence-electron chi connectivity index (χ1n) is 17.0. The number of ether oxygens (including phenoxy) is 2. The molecule has 5 aromatic rings. The summed E-state index contributed by atoms with van der Waals surface area (Å²) in [4.78, 5) is 21.4. The highest BCUT2D eigenvalue weighted by Crippen LogP contribution is 2.50. The molecule has 256 valence electrons. The number of hydrogen-bond donors (Lipinski definition) is 1. The third-order valence-corrected chi connectivity index (χ3v) is 11.3. The molecule has 1 saturated heterocycles. The van der Waals surface area contributed by atoms with Gasteiger partial charge in [-0.25, -0.2) is 4.99 Å². The Morgan fingerprint density at radius 1 is 0.843 bits per heavy atom. The van der Waals surface area contributed by atoms with Crippen molar-refractivity contribution in [3.63, 3.8) is 0 Å². The number of nitrogens with zero attached hydrogens (tertiary/aromatic N) is 2. The summed E-state index contributed by atoms with van der Waals surface area (Å²) in [5.74, 6) is 1.47. The summed E-state index contributed by atoms with van der Waals surface area (Å²) in [5.41, 5.74) is 9.07. The molecule has 0 aliphatic carbocycles. The van der Waals surface area contributed by atoms with Crippen molar-refractivity contribution in [1.29, 1.82) is 0 Å². The fourth-order valence-electron chi connectivity index (χ4n) is 7.34. The van der Waals surface area contributed by atoms with Crippen LogP contribution in [0.5, 0.6) is 11.5 Å². The van der Waals surface area contributed by atoms with Crippen LogP contribution >= 0.6 is 35.0 Å². The first kappa shape index (κ1) is 33.5. The molecule has 0 unspecified atom stereocenters. The molecule has 3 heterocycles. The molecule has 1 amide bonds. The van der Waals surface area contributed by atoms with Gasteiger partial charge in [0.05, 0.1) is 17.7 Å². The predicted molar refractivity (Wildman–Crippen MR) is 209 cm³/mol. The van der Waals surface area contributed by atoms with Gasteiger partial charge < -0.3 is 19.7 Å². The highest BCUT2D eigenvalue weighted by molar-refractivity contribution is 8.18. The monoisotopic (exact) mass is 731 g/mol. The van der Waals surface area contributed by atoms with E-state index in [0.717, 1.165) is 42.7 Å². The van der Waals surface area contributed by atoms with Crippen molar-refractivity contribution in [1.82, 2.24) is 5.32 Å². The SMILES string of the molecule is COc1cc(/C=C2\SC(=Nc3cc4c5c(c3)[C@@H](c3ccccc3)CCN5CC[C@@H]4c3ccccc3)NC2=O)ccc1OCc1ccc(Cl)cc1Cl.